The van der Waals surface area contributed by atoms with Crippen LogP contribution >= 0.6 is 11.3 Å². The molecule has 0 fully saturated rings. The highest BCUT2D eigenvalue weighted by Crippen LogP contribution is 2.29. The van der Waals surface area contributed by atoms with Crippen molar-refractivity contribution in [2.24, 2.45) is 0 Å². The molecule has 0 aromatic carbocycles. The van der Waals surface area contributed by atoms with E-state index in [2.05, 4.69) is 30.7 Å². The number of nitrogens with zero attached hydrogens (tertiary/aromatic N) is 2. The number of fused-ring (bicyclic) bond motifs is 1. The minimum absolute atomic E-state index is 0. The highest BCUT2D eigenvalue weighted by molar-refractivity contribution is 7.18. The normalized spacial score (nSPS) is 11.4. The summed E-state index contributed by atoms with van der Waals surface area (Å²) in [6, 6.07) is 3.93. The molecule has 76 valence electrons. The van der Waals surface area contributed by atoms with Crippen LogP contribution in [0.15, 0.2) is 18.3 Å². The summed E-state index contributed by atoms with van der Waals surface area (Å²) in [6.07, 6.45) is 1.81. The summed E-state index contributed by atoms with van der Waals surface area (Å²) in [4.78, 5) is 9.85. The molecule has 0 unspecified atom stereocenters. The topological polar surface area (TPSA) is 25.8 Å². The zero-order valence-electron chi connectivity index (χ0n) is 8.03. The van der Waals surface area contributed by atoms with E-state index >= 15 is 0 Å². The molecule has 0 atom stereocenters. The van der Waals surface area contributed by atoms with Gasteiger partial charge in [0.2, 0.25) is 0 Å². The molecule has 3 heteroatoms. The second-order valence-corrected chi connectivity index (χ2v) is 5.07. The molecule has 2 aromatic rings. The first-order valence-electron chi connectivity index (χ1n) is 4.29. The molecule has 2 rings (SSSR count). The van der Waals surface area contributed by atoms with Gasteiger partial charge in [-0.25, -0.2) is 9.97 Å². The Morgan fingerprint density at radius 3 is 2.57 bits per heavy atom. The van der Waals surface area contributed by atoms with E-state index in [4.69, 9.17) is 0 Å². The molecule has 0 bridgehead atoms. The van der Waals surface area contributed by atoms with Crippen LogP contribution in [-0.4, -0.2) is 9.97 Å². The maximum Gasteiger partial charge on any atom is 0.143 e. The van der Waals surface area contributed by atoms with Crippen LogP contribution in [0.4, 0.5) is 0 Å². The largest absolute Gasteiger partial charge is 0.244 e. The molecule has 0 saturated heterocycles. The minimum atomic E-state index is 0. The molecule has 2 heterocycles. The van der Waals surface area contributed by atoms with E-state index in [0.717, 1.165) is 15.4 Å². The number of pyridine rings is 1. The lowest BCUT2D eigenvalue weighted by molar-refractivity contribution is 0.587. The Balaban J connectivity index is 0.000000980. The first-order valence-corrected chi connectivity index (χ1v) is 5.11. The molecule has 2 aromatic heterocycles. The Kier molecular flexibility index (Phi) is 2.90. The quantitative estimate of drug-likeness (QED) is 0.660. The molecule has 0 aliphatic carbocycles. The summed E-state index contributed by atoms with van der Waals surface area (Å²) >= 11 is 1.68. The van der Waals surface area contributed by atoms with Crippen molar-refractivity contribution in [3.8, 4) is 0 Å². The van der Waals surface area contributed by atoms with E-state index < -0.39 is 0 Å². The summed E-state index contributed by atoms with van der Waals surface area (Å²) < 4.78 is 0. The average Bonchev–Trinajstić information content (AvgIpc) is 2.45. The van der Waals surface area contributed by atoms with Crippen molar-refractivity contribution in [2.75, 3.05) is 0 Å². The fourth-order valence-corrected chi connectivity index (χ4v) is 2.06. The van der Waals surface area contributed by atoms with Crippen LogP contribution < -0.4 is 0 Å². The van der Waals surface area contributed by atoms with E-state index in [9.17, 15) is 0 Å². The van der Waals surface area contributed by atoms with E-state index in [1.54, 1.807) is 11.3 Å². The second kappa shape index (κ2) is 3.65. The standard InChI is InChI=1S/C10H12N2S.CH4/c1-10(2,3)9-12-7-5-4-6-11-8(7)13-9;/h4-6H,1-3H3;1H4. The Labute approximate surface area is 89.0 Å². The molecule has 0 spiro atoms. The van der Waals surface area contributed by atoms with Gasteiger partial charge in [-0.2, -0.15) is 0 Å². The molecule has 0 N–H and O–H groups in total. The molecule has 0 aliphatic heterocycles. The first-order chi connectivity index (χ1) is 6.07. The van der Waals surface area contributed by atoms with Gasteiger partial charge in [0.05, 0.1) is 0 Å². The molecule has 0 aliphatic rings. The number of thiazole rings is 1. The van der Waals surface area contributed by atoms with Crippen LogP contribution in [0, 0.1) is 0 Å². The molecule has 14 heavy (non-hydrogen) atoms. The molecule has 2 nitrogen and oxygen atoms in total. The summed E-state index contributed by atoms with van der Waals surface area (Å²) in [5.74, 6) is 0. The van der Waals surface area contributed by atoms with E-state index in [1.165, 1.54) is 0 Å². The van der Waals surface area contributed by atoms with Gasteiger partial charge in [0.15, 0.2) is 0 Å². The Morgan fingerprint density at radius 2 is 2.00 bits per heavy atom. The molecular formula is C11H16N2S. The van der Waals surface area contributed by atoms with Crippen molar-refractivity contribution in [3.05, 3.63) is 23.3 Å². The zero-order valence-corrected chi connectivity index (χ0v) is 8.85. The maximum absolute atomic E-state index is 4.54. The van der Waals surface area contributed by atoms with Gasteiger partial charge >= 0.3 is 0 Å². The monoisotopic (exact) mass is 208 g/mol. The van der Waals surface area contributed by atoms with Crippen LogP contribution in [0.1, 0.15) is 33.2 Å². The van der Waals surface area contributed by atoms with Gasteiger partial charge in [0, 0.05) is 11.6 Å². The average molecular weight is 208 g/mol. The molecule has 0 amide bonds. The van der Waals surface area contributed by atoms with Crippen molar-refractivity contribution in [2.45, 2.75) is 33.6 Å². The summed E-state index contributed by atoms with van der Waals surface area (Å²) in [6.45, 7) is 6.51. The van der Waals surface area contributed by atoms with Crippen molar-refractivity contribution in [1.29, 1.82) is 0 Å². The highest BCUT2D eigenvalue weighted by atomic mass is 32.1. The molecular weight excluding hydrogens is 192 g/mol. The summed E-state index contributed by atoms with van der Waals surface area (Å²) in [5, 5.41) is 1.15. The van der Waals surface area contributed by atoms with Crippen LogP contribution in [0.25, 0.3) is 10.3 Å². The van der Waals surface area contributed by atoms with Crippen molar-refractivity contribution < 1.29 is 0 Å². The number of aromatic nitrogens is 2. The number of hydrogen-bond donors (Lipinski definition) is 0. The van der Waals surface area contributed by atoms with Gasteiger partial charge in [-0.3, -0.25) is 0 Å². The number of rotatable bonds is 0. The van der Waals surface area contributed by atoms with E-state index in [0.29, 0.717) is 0 Å². The summed E-state index contributed by atoms with van der Waals surface area (Å²) in [5.41, 5.74) is 1.14. The van der Waals surface area contributed by atoms with Gasteiger partial charge in [-0.1, -0.05) is 39.5 Å². The summed E-state index contributed by atoms with van der Waals surface area (Å²) in [7, 11) is 0. The zero-order chi connectivity index (χ0) is 9.47. The lowest BCUT2D eigenvalue weighted by Crippen LogP contribution is -2.09. The van der Waals surface area contributed by atoms with Crippen LogP contribution in [0.3, 0.4) is 0 Å². The predicted molar refractivity (Wildman–Crippen MR) is 62.8 cm³/mol. The van der Waals surface area contributed by atoms with Crippen LogP contribution in [-0.2, 0) is 5.41 Å². The fraction of sp³-hybridized carbons (Fsp3) is 0.455. The van der Waals surface area contributed by atoms with Gasteiger partial charge in [-0.15, -0.1) is 0 Å². The van der Waals surface area contributed by atoms with E-state index in [-0.39, 0.29) is 12.8 Å². The lowest BCUT2D eigenvalue weighted by Gasteiger charge is -2.12. The van der Waals surface area contributed by atoms with Crippen LogP contribution in [0.2, 0.25) is 0 Å². The SMILES string of the molecule is C.CC(C)(C)c1nc2cccnc2s1. The van der Waals surface area contributed by atoms with Gasteiger partial charge in [0.25, 0.3) is 0 Å². The van der Waals surface area contributed by atoms with Gasteiger partial charge in [0.1, 0.15) is 15.4 Å². The third-order valence-electron chi connectivity index (χ3n) is 1.81. The highest BCUT2D eigenvalue weighted by Gasteiger charge is 2.18. The van der Waals surface area contributed by atoms with Crippen LogP contribution in [0.5, 0.6) is 0 Å². The number of hydrogen-bond acceptors (Lipinski definition) is 3. The smallest absolute Gasteiger partial charge is 0.143 e. The third kappa shape index (κ3) is 1.93. The Bertz CT molecular complexity index is 393. The van der Waals surface area contributed by atoms with E-state index in [1.807, 2.05) is 18.3 Å². The molecule has 0 radical (unpaired) electrons. The van der Waals surface area contributed by atoms with Crippen molar-refractivity contribution >= 4 is 21.7 Å². The third-order valence-corrected chi connectivity index (χ3v) is 3.21. The van der Waals surface area contributed by atoms with Crippen molar-refractivity contribution in [1.82, 2.24) is 9.97 Å². The first kappa shape index (κ1) is 11.1. The predicted octanol–water partition coefficient (Wildman–Crippen LogP) is 3.62. The minimum Gasteiger partial charge on any atom is -0.244 e. The van der Waals surface area contributed by atoms with Gasteiger partial charge in [-0.05, 0) is 12.1 Å². The second-order valence-electron chi connectivity index (χ2n) is 4.10. The lowest BCUT2D eigenvalue weighted by atomic mass is 9.98. The Hall–Kier alpha value is -0.960. The maximum atomic E-state index is 4.54. The fourth-order valence-electron chi connectivity index (χ4n) is 1.09. The van der Waals surface area contributed by atoms with Crippen molar-refractivity contribution in [3.63, 3.8) is 0 Å². The Morgan fingerprint density at radius 1 is 1.29 bits per heavy atom. The molecule has 0 saturated carbocycles. The van der Waals surface area contributed by atoms with Gasteiger partial charge < -0.3 is 0 Å².